The van der Waals surface area contributed by atoms with Gasteiger partial charge in [0.05, 0.1) is 31.5 Å². The molecule has 2 aliphatic carbocycles. The molecule has 0 spiro atoms. The fraction of sp³-hybridized carbons (Fsp3) is 0.520. The van der Waals surface area contributed by atoms with Crippen LogP contribution in [0.25, 0.3) is 0 Å². The van der Waals surface area contributed by atoms with Gasteiger partial charge in [-0.25, -0.2) is 0 Å². The molecule has 0 unspecified atom stereocenters. The van der Waals surface area contributed by atoms with E-state index in [1.807, 2.05) is 6.08 Å². The van der Waals surface area contributed by atoms with E-state index in [4.69, 9.17) is 32.7 Å². The number of amides is 4. The number of halogens is 3. The number of carbonyl (C=O) groups excluding carboxylic acids is 4. The lowest BCUT2D eigenvalue weighted by Gasteiger charge is -2.50. The minimum atomic E-state index is -1.95. The molecule has 3 fully saturated rings. The number of hydrogen-bond acceptors (Lipinski definition) is 7. The van der Waals surface area contributed by atoms with Crippen LogP contribution in [-0.4, -0.2) is 74.5 Å². The van der Waals surface area contributed by atoms with E-state index in [0.717, 1.165) is 4.90 Å². The number of imide groups is 2. The van der Waals surface area contributed by atoms with Crippen LogP contribution in [-0.2, 0) is 19.2 Å². The number of aromatic hydroxyl groups is 1. The molecule has 0 bridgehead atoms. The highest BCUT2D eigenvalue weighted by atomic mass is 79.9. The lowest BCUT2D eigenvalue weighted by atomic mass is 9.56. The molecule has 1 saturated carbocycles. The Morgan fingerprint density at radius 2 is 1.65 bits per heavy atom. The average molecular weight is 616 g/mol. The highest BCUT2D eigenvalue weighted by Gasteiger charge is 2.76. The largest absolute Gasteiger partial charge is 0.502 e. The van der Waals surface area contributed by atoms with Gasteiger partial charge in [0, 0.05) is 12.5 Å². The molecule has 1 N–H and O–H groups in total. The third-order valence-corrected chi connectivity index (χ3v) is 10.2. The molecule has 5 rings (SSSR count). The molecule has 1 aromatic carbocycles. The third-order valence-electron chi connectivity index (χ3n) is 8.26. The van der Waals surface area contributed by atoms with Gasteiger partial charge in [-0.2, -0.15) is 0 Å². The summed E-state index contributed by atoms with van der Waals surface area (Å²) in [5.74, 6) is -4.90. The molecule has 4 aliphatic rings. The van der Waals surface area contributed by atoms with E-state index < -0.39 is 45.2 Å². The first kappa shape index (κ1) is 26.3. The first-order valence-electron chi connectivity index (χ1n) is 11.8. The van der Waals surface area contributed by atoms with Gasteiger partial charge in [-0.05, 0) is 43.4 Å². The number of ether oxygens (including phenoxy) is 2. The van der Waals surface area contributed by atoms with Gasteiger partial charge >= 0.3 is 0 Å². The van der Waals surface area contributed by atoms with Crippen molar-refractivity contribution in [2.45, 2.75) is 35.4 Å². The molecule has 2 saturated heterocycles. The van der Waals surface area contributed by atoms with Crippen LogP contribution in [0.4, 0.5) is 0 Å². The number of nitrogens with zero attached hydrogens (tertiary/aromatic N) is 2. The quantitative estimate of drug-likeness (QED) is 0.234. The van der Waals surface area contributed by atoms with Crippen molar-refractivity contribution in [3.63, 3.8) is 0 Å². The summed E-state index contributed by atoms with van der Waals surface area (Å²) in [4.78, 5) is 52.2. The molecule has 37 heavy (non-hydrogen) atoms. The Kier molecular flexibility index (Phi) is 6.32. The molecule has 2 heterocycles. The lowest BCUT2D eigenvalue weighted by Crippen LogP contribution is -2.60. The Morgan fingerprint density at radius 3 is 2.19 bits per heavy atom. The molecule has 9 nitrogen and oxygen atoms in total. The van der Waals surface area contributed by atoms with E-state index in [1.54, 1.807) is 6.92 Å². The summed E-state index contributed by atoms with van der Waals surface area (Å²) in [6, 6.07) is 3.04. The van der Waals surface area contributed by atoms with E-state index in [-0.39, 0.29) is 53.9 Å². The zero-order valence-electron chi connectivity index (χ0n) is 20.3. The second-order valence-corrected chi connectivity index (χ2v) is 11.4. The van der Waals surface area contributed by atoms with E-state index in [1.165, 1.54) is 31.3 Å². The van der Waals surface area contributed by atoms with Crippen LogP contribution >= 0.6 is 39.1 Å². The van der Waals surface area contributed by atoms with E-state index >= 15 is 0 Å². The van der Waals surface area contributed by atoms with E-state index in [9.17, 15) is 24.3 Å². The normalized spacial score (nSPS) is 34.8. The third kappa shape index (κ3) is 3.21. The summed E-state index contributed by atoms with van der Waals surface area (Å²) in [5, 5.41) is 10.5. The predicted molar refractivity (Wildman–Crippen MR) is 137 cm³/mol. The molecule has 198 valence electrons. The van der Waals surface area contributed by atoms with Gasteiger partial charge in [0.15, 0.2) is 21.2 Å². The molecule has 1 aromatic rings. The van der Waals surface area contributed by atoms with Crippen molar-refractivity contribution in [3.05, 3.63) is 29.3 Å². The first-order valence-corrected chi connectivity index (χ1v) is 13.7. The smallest absolute Gasteiger partial charge is 0.254 e. The van der Waals surface area contributed by atoms with Crippen LogP contribution in [0.3, 0.4) is 0 Å². The number of phenols is 1. The highest BCUT2D eigenvalue weighted by Crippen LogP contribution is 2.66. The molecule has 6 atom stereocenters. The predicted octanol–water partition coefficient (Wildman–Crippen LogP) is 3.14. The van der Waals surface area contributed by atoms with Crippen LogP contribution in [0.2, 0.25) is 0 Å². The van der Waals surface area contributed by atoms with Crippen LogP contribution in [0.5, 0.6) is 17.2 Å². The van der Waals surface area contributed by atoms with Crippen LogP contribution in [0, 0.1) is 17.8 Å². The van der Waals surface area contributed by atoms with Crippen LogP contribution < -0.4 is 9.47 Å². The van der Waals surface area contributed by atoms with Gasteiger partial charge in [-0.3, -0.25) is 29.0 Å². The zero-order valence-corrected chi connectivity index (χ0v) is 23.4. The van der Waals surface area contributed by atoms with Gasteiger partial charge in [-0.15, -0.1) is 23.2 Å². The fourth-order valence-electron chi connectivity index (χ4n) is 6.58. The van der Waals surface area contributed by atoms with Crippen molar-refractivity contribution in [1.82, 2.24) is 9.80 Å². The Bertz CT molecular complexity index is 1250. The summed E-state index contributed by atoms with van der Waals surface area (Å²) in [6.07, 6.45) is 2.05. The summed E-state index contributed by atoms with van der Waals surface area (Å²) in [6.45, 7) is 1.97. The molecule has 12 heteroatoms. The van der Waals surface area contributed by atoms with Crippen molar-refractivity contribution >= 4 is 62.8 Å². The molecule has 4 amide bonds. The standard InChI is InChI=1S/C25H25BrCl2N2O7/c1-4-29-20(32)13-6-5-12-14(17(13)21(29)33)9-24(27)22(34)30(10-26)23(35)25(24,28)18(12)11-7-15(36-2)19(31)16(8-11)37-3/h5,7-8,13-14,17-18,31H,4,6,9-10H2,1-3H3/t13-,14+,17-,18-,24+,25-/m0/s1. The minimum absolute atomic E-state index is 0.0737. The first-order chi connectivity index (χ1) is 17.5. The van der Waals surface area contributed by atoms with Crippen molar-refractivity contribution < 1.29 is 33.8 Å². The van der Waals surface area contributed by atoms with Gasteiger partial charge in [0.25, 0.3) is 11.8 Å². The summed E-state index contributed by atoms with van der Waals surface area (Å²) in [7, 11) is 2.74. The number of carbonyl (C=O) groups is 4. The number of fused-ring (bicyclic) bond motifs is 4. The number of likely N-dealkylation sites (tertiary alicyclic amines) is 2. The number of hydrogen-bond donors (Lipinski definition) is 1. The second kappa shape index (κ2) is 8.88. The van der Waals surface area contributed by atoms with Crippen LogP contribution in [0.1, 0.15) is 31.2 Å². The van der Waals surface area contributed by atoms with Gasteiger partial charge in [-0.1, -0.05) is 27.6 Å². The highest BCUT2D eigenvalue weighted by molar-refractivity contribution is 9.09. The monoisotopic (exact) mass is 614 g/mol. The Hall–Kier alpha value is -2.30. The SMILES string of the molecule is CCN1C(=O)[C@H]2[C@H](CC=C3[C@H]2C[C@@]2(Cl)C(=O)N(CBr)C(=O)[C@@]2(Cl)[C@H]3c2cc(OC)c(O)c(OC)c2)C1=O. The van der Waals surface area contributed by atoms with Gasteiger partial charge in [0.1, 0.15) is 0 Å². The summed E-state index contributed by atoms with van der Waals surface area (Å²) in [5.41, 5.74) is 0.959. The number of methoxy groups -OCH3 is 2. The Morgan fingerprint density at radius 1 is 1.03 bits per heavy atom. The molecule has 2 aliphatic heterocycles. The van der Waals surface area contributed by atoms with E-state index in [2.05, 4.69) is 15.9 Å². The summed E-state index contributed by atoms with van der Waals surface area (Å²) >= 11 is 17.5. The van der Waals surface area contributed by atoms with Gasteiger partial charge < -0.3 is 14.6 Å². The topological polar surface area (TPSA) is 113 Å². The molecular formula is C25H25BrCl2N2O7. The number of phenolic OH excluding ortho intramolecular Hbond substituents is 1. The average Bonchev–Trinajstić information content (AvgIpc) is 3.21. The molecule has 0 radical (unpaired) electrons. The van der Waals surface area contributed by atoms with Crippen LogP contribution in [0.15, 0.2) is 23.8 Å². The number of rotatable bonds is 5. The molecular weight excluding hydrogens is 591 g/mol. The van der Waals surface area contributed by atoms with Crippen molar-refractivity contribution in [2.75, 3.05) is 26.2 Å². The zero-order chi connectivity index (χ0) is 27.0. The number of benzene rings is 1. The number of allylic oxidation sites excluding steroid dienone is 2. The fourth-order valence-corrected chi connectivity index (χ4v) is 8.01. The van der Waals surface area contributed by atoms with Crippen molar-refractivity contribution in [3.8, 4) is 17.2 Å². The Labute approximate surface area is 231 Å². The summed E-state index contributed by atoms with van der Waals surface area (Å²) < 4.78 is 10.7. The van der Waals surface area contributed by atoms with Gasteiger partial charge in [0.2, 0.25) is 17.6 Å². The molecule has 0 aromatic heterocycles. The maximum Gasteiger partial charge on any atom is 0.254 e. The van der Waals surface area contributed by atoms with Crippen molar-refractivity contribution in [1.29, 1.82) is 0 Å². The number of alkyl halides is 3. The van der Waals surface area contributed by atoms with Crippen molar-refractivity contribution in [2.24, 2.45) is 17.8 Å². The van der Waals surface area contributed by atoms with E-state index in [0.29, 0.717) is 11.1 Å². The lowest BCUT2D eigenvalue weighted by molar-refractivity contribution is -0.141. The maximum atomic E-state index is 13.8. The minimum Gasteiger partial charge on any atom is -0.502 e. The Balaban J connectivity index is 1.77. The maximum absolute atomic E-state index is 13.8. The second-order valence-electron chi connectivity index (χ2n) is 9.68.